The smallest absolute Gasteiger partial charge is 0.307 e. The van der Waals surface area contributed by atoms with E-state index in [1.807, 2.05) is 77.2 Å². The van der Waals surface area contributed by atoms with Crippen LogP contribution >= 0.6 is 0 Å². The van der Waals surface area contributed by atoms with Crippen molar-refractivity contribution in [1.29, 1.82) is 0 Å². The van der Waals surface area contributed by atoms with Crippen LogP contribution in [0.2, 0.25) is 0 Å². The molecule has 0 bridgehead atoms. The first-order valence-electron chi connectivity index (χ1n) is 10.6. The summed E-state index contributed by atoms with van der Waals surface area (Å²) in [7, 11) is 1.90. The lowest BCUT2D eigenvalue weighted by Gasteiger charge is -2.16. The van der Waals surface area contributed by atoms with Crippen molar-refractivity contribution in [1.82, 2.24) is 5.32 Å². The molecule has 31 heavy (non-hydrogen) atoms. The van der Waals surface area contributed by atoms with E-state index in [1.54, 1.807) is 0 Å². The standard InChI is InChI=1S/C26H33NO4/c1-6-22(31-25-12-18(4)17(3)11-21(25)14-26(29)30)15-23(24(28)7-2)20-10-8-9-19(13-20)16-27-5/h8-13,15,27-28H,6-7,14,16H2,1-5H3,(H,29,30)/b22-15+,24-23-. The number of aryl methyl sites for hydroxylation is 2. The van der Waals surface area contributed by atoms with Gasteiger partial charge in [0.2, 0.25) is 0 Å². The Hall–Kier alpha value is -3.05. The molecule has 0 aromatic heterocycles. The van der Waals surface area contributed by atoms with Crippen LogP contribution in [-0.2, 0) is 17.8 Å². The number of carboxylic acids is 1. The molecule has 0 spiro atoms. The number of carboxylic acid groups (broad SMARTS) is 1. The zero-order valence-electron chi connectivity index (χ0n) is 19.1. The normalized spacial score (nSPS) is 12.5. The van der Waals surface area contributed by atoms with E-state index < -0.39 is 5.97 Å². The number of ether oxygens (including phenoxy) is 1. The lowest BCUT2D eigenvalue weighted by Crippen LogP contribution is -2.06. The van der Waals surface area contributed by atoms with Crippen LogP contribution in [0.15, 0.2) is 54.0 Å². The minimum absolute atomic E-state index is 0.109. The fourth-order valence-electron chi connectivity index (χ4n) is 3.33. The highest BCUT2D eigenvalue weighted by molar-refractivity contribution is 5.76. The van der Waals surface area contributed by atoms with E-state index in [1.165, 1.54) is 0 Å². The maximum atomic E-state index is 11.3. The van der Waals surface area contributed by atoms with Crippen molar-refractivity contribution in [3.05, 3.63) is 81.8 Å². The molecule has 0 heterocycles. The number of aliphatic hydroxyl groups excluding tert-OH is 1. The maximum absolute atomic E-state index is 11.3. The molecular formula is C26H33NO4. The lowest BCUT2D eigenvalue weighted by atomic mass is 9.99. The highest BCUT2D eigenvalue weighted by atomic mass is 16.5. The number of aliphatic carboxylic acids is 1. The summed E-state index contributed by atoms with van der Waals surface area (Å²) in [6.07, 6.45) is 2.84. The van der Waals surface area contributed by atoms with Crippen LogP contribution in [0.5, 0.6) is 5.75 Å². The van der Waals surface area contributed by atoms with Crippen molar-refractivity contribution >= 4 is 11.5 Å². The van der Waals surface area contributed by atoms with Gasteiger partial charge in [-0.2, -0.15) is 0 Å². The summed E-state index contributed by atoms with van der Waals surface area (Å²) in [5.74, 6) is 0.574. The minimum atomic E-state index is -0.902. The molecule has 0 aliphatic heterocycles. The molecule has 0 aliphatic carbocycles. The summed E-state index contributed by atoms with van der Waals surface area (Å²) >= 11 is 0. The zero-order valence-corrected chi connectivity index (χ0v) is 19.1. The largest absolute Gasteiger partial charge is 0.512 e. The molecule has 0 aliphatic rings. The van der Waals surface area contributed by atoms with E-state index in [0.717, 1.165) is 28.8 Å². The van der Waals surface area contributed by atoms with Gasteiger partial charge in [-0.3, -0.25) is 4.79 Å². The summed E-state index contributed by atoms with van der Waals surface area (Å²) in [6, 6.07) is 11.8. The van der Waals surface area contributed by atoms with Crippen LogP contribution in [0.25, 0.3) is 5.57 Å². The van der Waals surface area contributed by atoms with E-state index in [2.05, 4.69) is 5.32 Å². The average Bonchev–Trinajstić information content (AvgIpc) is 2.74. The van der Waals surface area contributed by atoms with Crippen LogP contribution in [0.3, 0.4) is 0 Å². The van der Waals surface area contributed by atoms with Gasteiger partial charge in [-0.1, -0.05) is 38.1 Å². The molecule has 0 saturated heterocycles. The second-order valence-electron chi connectivity index (χ2n) is 7.63. The van der Waals surface area contributed by atoms with Crippen LogP contribution in [0.4, 0.5) is 0 Å². The number of aliphatic hydroxyl groups is 1. The van der Waals surface area contributed by atoms with Gasteiger partial charge in [-0.25, -0.2) is 0 Å². The Labute approximate surface area is 185 Å². The quantitative estimate of drug-likeness (QED) is 0.337. The summed E-state index contributed by atoms with van der Waals surface area (Å²) in [5, 5.41) is 23.1. The second kappa shape index (κ2) is 11.4. The third kappa shape index (κ3) is 6.72. The van der Waals surface area contributed by atoms with E-state index in [0.29, 0.717) is 35.5 Å². The fraction of sp³-hybridized carbons (Fsp3) is 0.346. The second-order valence-corrected chi connectivity index (χ2v) is 7.63. The van der Waals surface area contributed by atoms with Gasteiger partial charge in [0.15, 0.2) is 0 Å². The van der Waals surface area contributed by atoms with Gasteiger partial charge in [0.1, 0.15) is 11.5 Å². The predicted molar refractivity (Wildman–Crippen MR) is 125 cm³/mol. The minimum Gasteiger partial charge on any atom is -0.512 e. The van der Waals surface area contributed by atoms with Crippen molar-refractivity contribution < 1.29 is 19.7 Å². The molecule has 0 atom stereocenters. The number of hydrogen-bond acceptors (Lipinski definition) is 4. The number of allylic oxidation sites excluding steroid dienone is 4. The van der Waals surface area contributed by atoms with Crippen LogP contribution in [0, 0.1) is 13.8 Å². The van der Waals surface area contributed by atoms with Crippen LogP contribution < -0.4 is 10.1 Å². The molecule has 0 radical (unpaired) electrons. The molecule has 0 amide bonds. The highest BCUT2D eigenvalue weighted by Crippen LogP contribution is 2.29. The Balaban J connectivity index is 2.50. The average molecular weight is 424 g/mol. The molecule has 3 N–H and O–H groups in total. The van der Waals surface area contributed by atoms with Gasteiger partial charge in [0.25, 0.3) is 0 Å². The first-order valence-corrected chi connectivity index (χ1v) is 10.6. The SMILES string of the molecule is CC/C(O)=C(\C=C(/CC)Oc1cc(C)c(C)cc1CC(=O)O)c1cccc(CNC)c1. The molecular weight excluding hydrogens is 390 g/mol. The molecule has 2 aromatic rings. The monoisotopic (exact) mass is 423 g/mol. The summed E-state index contributed by atoms with van der Waals surface area (Å²) in [5.41, 5.74) is 5.43. The predicted octanol–water partition coefficient (Wildman–Crippen LogP) is 5.70. The molecule has 0 saturated carbocycles. The van der Waals surface area contributed by atoms with Crippen molar-refractivity contribution in [2.75, 3.05) is 7.05 Å². The summed E-state index contributed by atoms with van der Waals surface area (Å²) in [6.45, 7) is 8.54. The Morgan fingerprint density at radius 1 is 1.06 bits per heavy atom. The van der Waals surface area contributed by atoms with Gasteiger partial charge in [-0.15, -0.1) is 0 Å². The van der Waals surface area contributed by atoms with Gasteiger partial charge in [0, 0.05) is 30.5 Å². The summed E-state index contributed by atoms with van der Waals surface area (Å²) < 4.78 is 6.20. The van der Waals surface area contributed by atoms with Crippen LogP contribution in [-0.4, -0.2) is 23.2 Å². The van der Waals surface area contributed by atoms with E-state index in [9.17, 15) is 15.0 Å². The van der Waals surface area contributed by atoms with Crippen LogP contribution in [0.1, 0.15) is 54.5 Å². The molecule has 166 valence electrons. The number of rotatable bonds is 10. The molecule has 5 nitrogen and oxygen atoms in total. The first kappa shape index (κ1) is 24.2. The Kier molecular flexibility index (Phi) is 8.88. The molecule has 0 fully saturated rings. The van der Waals surface area contributed by atoms with Crippen molar-refractivity contribution in [2.45, 2.75) is 53.5 Å². The third-order valence-electron chi connectivity index (χ3n) is 5.18. The van der Waals surface area contributed by atoms with Gasteiger partial charge >= 0.3 is 5.97 Å². The van der Waals surface area contributed by atoms with Crippen molar-refractivity contribution in [2.24, 2.45) is 0 Å². The maximum Gasteiger partial charge on any atom is 0.307 e. The van der Waals surface area contributed by atoms with E-state index >= 15 is 0 Å². The molecule has 2 aromatic carbocycles. The summed E-state index contributed by atoms with van der Waals surface area (Å²) in [4.78, 5) is 11.3. The van der Waals surface area contributed by atoms with Gasteiger partial charge in [-0.05, 0) is 61.4 Å². The van der Waals surface area contributed by atoms with Gasteiger partial charge in [0.05, 0.1) is 12.2 Å². The van der Waals surface area contributed by atoms with Gasteiger partial charge < -0.3 is 20.3 Å². The third-order valence-corrected chi connectivity index (χ3v) is 5.18. The number of hydrogen-bond donors (Lipinski definition) is 3. The van der Waals surface area contributed by atoms with E-state index in [-0.39, 0.29) is 12.2 Å². The molecule has 0 unspecified atom stereocenters. The Morgan fingerprint density at radius 2 is 1.77 bits per heavy atom. The lowest BCUT2D eigenvalue weighted by molar-refractivity contribution is -0.136. The number of carbonyl (C=O) groups is 1. The van der Waals surface area contributed by atoms with Crippen molar-refractivity contribution in [3.8, 4) is 5.75 Å². The van der Waals surface area contributed by atoms with Crippen molar-refractivity contribution in [3.63, 3.8) is 0 Å². The fourth-order valence-corrected chi connectivity index (χ4v) is 3.33. The molecule has 5 heteroatoms. The Bertz CT molecular complexity index is 989. The van der Waals surface area contributed by atoms with E-state index in [4.69, 9.17) is 4.74 Å². The first-order chi connectivity index (χ1) is 14.8. The highest BCUT2D eigenvalue weighted by Gasteiger charge is 2.14. The zero-order chi connectivity index (χ0) is 23.0. The topological polar surface area (TPSA) is 78.8 Å². The number of nitrogens with one attached hydrogen (secondary N) is 1. The molecule has 2 rings (SSSR count). The number of benzene rings is 2. The Morgan fingerprint density at radius 3 is 2.39 bits per heavy atom.